The zero-order valence-electron chi connectivity index (χ0n) is 9.24. The maximum atomic E-state index is 8.65. The molecule has 1 aromatic carbocycles. The Balaban J connectivity index is 2.14. The van der Waals surface area contributed by atoms with Crippen LogP contribution in [-0.2, 0) is 0 Å². The van der Waals surface area contributed by atoms with Crippen LogP contribution in [0.2, 0.25) is 0 Å². The molecule has 0 atom stereocenters. The molecule has 0 bridgehead atoms. The quantitative estimate of drug-likeness (QED) is 0.669. The number of benzene rings is 1. The van der Waals surface area contributed by atoms with E-state index in [-0.39, 0.29) is 6.61 Å². The summed E-state index contributed by atoms with van der Waals surface area (Å²) in [4.78, 5) is 2.35. The van der Waals surface area contributed by atoms with Crippen molar-refractivity contribution in [3.05, 3.63) is 29.8 Å². The molecule has 2 N–H and O–H groups in total. The third-order valence-corrected chi connectivity index (χ3v) is 2.64. The Bertz CT molecular complexity index is 400. The van der Waals surface area contributed by atoms with Crippen molar-refractivity contribution in [1.29, 1.82) is 0 Å². The predicted octanol–water partition coefficient (Wildman–Crippen LogP) is 0.440. The molecule has 1 aromatic rings. The van der Waals surface area contributed by atoms with Gasteiger partial charge in [0.05, 0.1) is 0 Å². The molecule has 3 nitrogen and oxygen atoms in total. The molecule has 1 aliphatic heterocycles. The van der Waals surface area contributed by atoms with Crippen molar-refractivity contribution in [2.24, 2.45) is 0 Å². The first-order valence-corrected chi connectivity index (χ1v) is 5.55. The fraction of sp³-hybridized carbons (Fsp3) is 0.385. The first-order chi connectivity index (χ1) is 7.90. The van der Waals surface area contributed by atoms with Crippen LogP contribution in [0, 0.1) is 11.8 Å². The van der Waals surface area contributed by atoms with E-state index < -0.39 is 0 Å². The summed E-state index contributed by atoms with van der Waals surface area (Å²) < 4.78 is 0. The SMILES string of the molecule is OCC#Cc1cccc(N2CCNCC2)c1. The van der Waals surface area contributed by atoms with Crippen molar-refractivity contribution in [3.63, 3.8) is 0 Å². The monoisotopic (exact) mass is 216 g/mol. The molecule has 0 spiro atoms. The summed E-state index contributed by atoms with van der Waals surface area (Å²) in [5.41, 5.74) is 2.18. The molecule has 1 fully saturated rings. The van der Waals surface area contributed by atoms with Crippen molar-refractivity contribution >= 4 is 5.69 Å². The number of aliphatic hydroxyl groups excluding tert-OH is 1. The van der Waals surface area contributed by atoms with Gasteiger partial charge < -0.3 is 15.3 Å². The van der Waals surface area contributed by atoms with E-state index in [1.807, 2.05) is 12.1 Å². The Morgan fingerprint density at radius 2 is 2.12 bits per heavy atom. The van der Waals surface area contributed by atoms with Crippen LogP contribution in [-0.4, -0.2) is 37.9 Å². The predicted molar refractivity (Wildman–Crippen MR) is 65.5 cm³/mol. The lowest BCUT2D eigenvalue weighted by Gasteiger charge is -2.29. The Morgan fingerprint density at radius 3 is 2.88 bits per heavy atom. The van der Waals surface area contributed by atoms with E-state index in [1.165, 1.54) is 5.69 Å². The zero-order chi connectivity index (χ0) is 11.2. The first kappa shape index (κ1) is 11.0. The molecule has 0 radical (unpaired) electrons. The summed E-state index contributed by atoms with van der Waals surface area (Å²) >= 11 is 0. The molecule has 0 saturated carbocycles. The van der Waals surface area contributed by atoms with Crippen LogP contribution in [0.4, 0.5) is 5.69 Å². The average Bonchev–Trinajstić information content (AvgIpc) is 2.38. The molecule has 3 heteroatoms. The van der Waals surface area contributed by atoms with Gasteiger partial charge in [-0.25, -0.2) is 0 Å². The second-order valence-corrected chi connectivity index (χ2v) is 3.75. The lowest BCUT2D eigenvalue weighted by Crippen LogP contribution is -2.43. The van der Waals surface area contributed by atoms with Crippen LogP contribution in [0.3, 0.4) is 0 Å². The topological polar surface area (TPSA) is 35.5 Å². The van der Waals surface area contributed by atoms with E-state index >= 15 is 0 Å². The van der Waals surface area contributed by atoms with Gasteiger partial charge in [0, 0.05) is 37.4 Å². The van der Waals surface area contributed by atoms with Gasteiger partial charge in [0.1, 0.15) is 6.61 Å². The summed E-state index contributed by atoms with van der Waals surface area (Å²) in [6.07, 6.45) is 0. The molecule has 1 heterocycles. The molecular formula is C13H16N2O. The molecule has 0 aromatic heterocycles. The lowest BCUT2D eigenvalue weighted by atomic mass is 10.2. The second-order valence-electron chi connectivity index (χ2n) is 3.75. The minimum absolute atomic E-state index is 0.0855. The van der Waals surface area contributed by atoms with Gasteiger partial charge in [-0.1, -0.05) is 17.9 Å². The van der Waals surface area contributed by atoms with Crippen LogP contribution < -0.4 is 10.2 Å². The van der Waals surface area contributed by atoms with Crippen LogP contribution >= 0.6 is 0 Å². The summed E-state index contributed by atoms with van der Waals surface area (Å²) in [6, 6.07) is 8.16. The highest BCUT2D eigenvalue weighted by Crippen LogP contribution is 2.16. The first-order valence-electron chi connectivity index (χ1n) is 5.55. The van der Waals surface area contributed by atoms with Crippen LogP contribution in [0.1, 0.15) is 5.56 Å². The fourth-order valence-corrected chi connectivity index (χ4v) is 1.84. The van der Waals surface area contributed by atoms with Crippen LogP contribution in [0.25, 0.3) is 0 Å². The standard InChI is InChI=1S/C13H16N2O/c16-10-2-4-12-3-1-5-13(11-12)15-8-6-14-7-9-15/h1,3,5,11,14,16H,6-10H2. The van der Waals surface area contributed by atoms with Crippen molar-refractivity contribution in [2.45, 2.75) is 0 Å². The third kappa shape index (κ3) is 2.75. The zero-order valence-corrected chi connectivity index (χ0v) is 9.24. The number of hydrogen-bond acceptors (Lipinski definition) is 3. The molecule has 1 saturated heterocycles. The molecule has 2 rings (SSSR count). The van der Waals surface area contributed by atoms with Crippen molar-refractivity contribution in [2.75, 3.05) is 37.7 Å². The molecular weight excluding hydrogens is 200 g/mol. The highest BCUT2D eigenvalue weighted by molar-refractivity contribution is 5.52. The smallest absolute Gasteiger partial charge is 0.104 e. The summed E-state index contributed by atoms with van der Waals surface area (Å²) in [5, 5.41) is 12.0. The molecule has 0 amide bonds. The van der Waals surface area contributed by atoms with E-state index in [0.29, 0.717) is 0 Å². The second kappa shape index (κ2) is 5.55. The number of piperazine rings is 1. The Morgan fingerprint density at radius 1 is 1.31 bits per heavy atom. The Labute approximate surface area is 96.1 Å². The fourth-order valence-electron chi connectivity index (χ4n) is 1.84. The Kier molecular flexibility index (Phi) is 3.81. The van der Waals surface area contributed by atoms with E-state index in [4.69, 9.17) is 5.11 Å². The Hall–Kier alpha value is -1.50. The number of aliphatic hydroxyl groups is 1. The number of nitrogens with zero attached hydrogens (tertiary/aromatic N) is 1. The molecule has 0 unspecified atom stereocenters. The number of rotatable bonds is 1. The highest BCUT2D eigenvalue weighted by Gasteiger charge is 2.09. The van der Waals surface area contributed by atoms with E-state index in [2.05, 4.69) is 34.2 Å². The van der Waals surface area contributed by atoms with Gasteiger partial charge in [-0.05, 0) is 18.2 Å². The summed E-state index contributed by atoms with van der Waals surface area (Å²) in [6.45, 7) is 4.06. The van der Waals surface area contributed by atoms with E-state index in [9.17, 15) is 0 Å². The maximum Gasteiger partial charge on any atom is 0.104 e. The molecule has 16 heavy (non-hydrogen) atoms. The van der Waals surface area contributed by atoms with Crippen molar-refractivity contribution in [1.82, 2.24) is 5.32 Å². The summed E-state index contributed by atoms with van der Waals surface area (Å²) in [5.74, 6) is 5.60. The van der Waals surface area contributed by atoms with Crippen molar-refractivity contribution < 1.29 is 5.11 Å². The lowest BCUT2D eigenvalue weighted by molar-refractivity contribution is 0.350. The van der Waals surface area contributed by atoms with Crippen molar-refractivity contribution in [3.8, 4) is 11.8 Å². The summed E-state index contributed by atoms with van der Waals surface area (Å²) in [7, 11) is 0. The van der Waals surface area contributed by atoms with Gasteiger partial charge >= 0.3 is 0 Å². The van der Waals surface area contributed by atoms with Gasteiger partial charge in [0.15, 0.2) is 0 Å². The highest BCUT2D eigenvalue weighted by atomic mass is 16.2. The molecule has 0 aliphatic carbocycles. The number of hydrogen-bond donors (Lipinski definition) is 2. The molecule has 84 valence electrons. The number of anilines is 1. The minimum atomic E-state index is -0.0855. The van der Waals surface area contributed by atoms with Crippen LogP contribution in [0.5, 0.6) is 0 Å². The van der Waals surface area contributed by atoms with Gasteiger partial charge in [-0.2, -0.15) is 0 Å². The average molecular weight is 216 g/mol. The number of nitrogens with one attached hydrogen (secondary N) is 1. The largest absolute Gasteiger partial charge is 0.384 e. The maximum absolute atomic E-state index is 8.65. The van der Waals surface area contributed by atoms with E-state index in [1.54, 1.807) is 0 Å². The van der Waals surface area contributed by atoms with Gasteiger partial charge in [0.2, 0.25) is 0 Å². The van der Waals surface area contributed by atoms with Gasteiger partial charge in [-0.3, -0.25) is 0 Å². The minimum Gasteiger partial charge on any atom is -0.384 e. The van der Waals surface area contributed by atoms with Gasteiger partial charge in [0.25, 0.3) is 0 Å². The van der Waals surface area contributed by atoms with Crippen LogP contribution in [0.15, 0.2) is 24.3 Å². The normalized spacial score (nSPS) is 15.4. The van der Waals surface area contributed by atoms with E-state index in [0.717, 1.165) is 31.7 Å². The van der Waals surface area contributed by atoms with Gasteiger partial charge in [-0.15, -0.1) is 0 Å². The third-order valence-electron chi connectivity index (χ3n) is 2.64. The molecule has 1 aliphatic rings.